The molecule has 0 aromatic carbocycles. The minimum absolute atomic E-state index is 0.0117. The molecule has 1 atom stereocenters. The molecule has 0 fully saturated rings. The van der Waals surface area contributed by atoms with Crippen molar-refractivity contribution in [2.24, 2.45) is 4.99 Å². The lowest BCUT2D eigenvalue weighted by Crippen LogP contribution is -2.50. The molecule has 0 radical (unpaired) electrons. The Morgan fingerprint density at radius 2 is 2.00 bits per heavy atom. The van der Waals surface area contributed by atoms with Crippen LogP contribution in [-0.4, -0.2) is 42.2 Å². The average Bonchev–Trinajstić information content (AvgIpc) is 2.47. The Balaban J connectivity index is 2.12. The molecule has 2 aliphatic rings. The van der Waals surface area contributed by atoms with Crippen LogP contribution < -0.4 is 0 Å². The number of aliphatic imine (C=N–C) groups is 1. The van der Waals surface area contributed by atoms with Gasteiger partial charge in [0.2, 0.25) is 11.5 Å². The van der Waals surface area contributed by atoms with E-state index < -0.39 is 5.69 Å². The molecule has 2 rings (SSSR count). The van der Waals surface area contributed by atoms with E-state index in [-0.39, 0.29) is 10.4 Å². The molecular formula is C14H20N2O3PS2+. The van der Waals surface area contributed by atoms with Gasteiger partial charge >= 0.3 is 5.91 Å². The van der Waals surface area contributed by atoms with Gasteiger partial charge in [-0.15, -0.1) is 0 Å². The van der Waals surface area contributed by atoms with Crippen LogP contribution in [0.15, 0.2) is 41.2 Å². The number of amides is 1. The molecule has 0 bridgehead atoms. The molecule has 2 heterocycles. The molecule has 1 amide bonds. The van der Waals surface area contributed by atoms with E-state index in [9.17, 15) is 4.79 Å². The summed E-state index contributed by atoms with van der Waals surface area (Å²) in [5, 5.41) is 0. The fraction of sp³-hybridized carbons (Fsp3) is 0.429. The van der Waals surface area contributed by atoms with Crippen LogP contribution in [-0.2, 0) is 25.6 Å². The Kier molecular flexibility index (Phi) is 5.94. The van der Waals surface area contributed by atoms with Crippen LogP contribution in [0.25, 0.3) is 0 Å². The monoisotopic (exact) mass is 359 g/mol. The van der Waals surface area contributed by atoms with Crippen LogP contribution >= 0.6 is 17.1 Å². The van der Waals surface area contributed by atoms with Crippen LogP contribution in [0.4, 0.5) is 0 Å². The van der Waals surface area contributed by atoms with Crippen LogP contribution in [0.5, 0.6) is 0 Å². The lowest BCUT2D eigenvalue weighted by Gasteiger charge is -2.29. The van der Waals surface area contributed by atoms with E-state index >= 15 is 0 Å². The van der Waals surface area contributed by atoms with Gasteiger partial charge in [0, 0.05) is 11.8 Å². The van der Waals surface area contributed by atoms with Gasteiger partial charge in [-0.1, -0.05) is 11.4 Å². The highest BCUT2D eigenvalue weighted by atomic mass is 32.9. The Morgan fingerprint density at radius 3 is 2.64 bits per heavy atom. The maximum Gasteiger partial charge on any atom is 0.351 e. The van der Waals surface area contributed by atoms with Crippen LogP contribution in [0.1, 0.15) is 13.8 Å². The average molecular weight is 359 g/mol. The predicted octanol–water partition coefficient (Wildman–Crippen LogP) is 3.37. The summed E-state index contributed by atoms with van der Waals surface area (Å²) in [6, 6.07) is 0. The molecule has 0 N–H and O–H groups in total. The van der Waals surface area contributed by atoms with Crippen molar-refractivity contribution in [2.75, 3.05) is 26.0 Å². The summed E-state index contributed by atoms with van der Waals surface area (Å²) < 4.78 is 11.3. The first-order chi connectivity index (χ1) is 10.4. The third kappa shape index (κ3) is 3.85. The van der Waals surface area contributed by atoms with Gasteiger partial charge < -0.3 is 9.05 Å². The first-order valence-electron chi connectivity index (χ1n) is 7.03. The molecule has 22 heavy (non-hydrogen) atoms. The first kappa shape index (κ1) is 17.8. The summed E-state index contributed by atoms with van der Waals surface area (Å²) in [7, 11) is 1.83. The van der Waals surface area contributed by atoms with E-state index in [1.165, 1.54) is 11.4 Å². The summed E-state index contributed by atoms with van der Waals surface area (Å²) in [6.07, 6.45) is 9.00. The third-order valence-electron chi connectivity index (χ3n) is 3.17. The van der Waals surface area contributed by atoms with Gasteiger partial charge in [0.1, 0.15) is 6.20 Å². The summed E-state index contributed by atoms with van der Waals surface area (Å²) in [5.74, 6) is 1.21. The van der Waals surface area contributed by atoms with Crippen molar-refractivity contribution in [1.29, 1.82) is 0 Å². The van der Waals surface area contributed by atoms with E-state index in [2.05, 4.69) is 4.99 Å². The molecule has 0 saturated carbocycles. The zero-order valence-corrected chi connectivity index (χ0v) is 15.4. The number of quaternary nitrogens is 1. The molecule has 0 spiro atoms. The van der Waals surface area contributed by atoms with Crippen molar-refractivity contribution in [3.8, 4) is 0 Å². The van der Waals surface area contributed by atoms with Crippen LogP contribution in [0.2, 0.25) is 0 Å². The van der Waals surface area contributed by atoms with E-state index in [1.54, 1.807) is 6.08 Å². The minimum atomic E-state index is -2.37. The molecule has 0 saturated heterocycles. The number of amidine groups is 1. The van der Waals surface area contributed by atoms with Gasteiger partial charge in [-0.25, -0.2) is 4.79 Å². The first-order valence-corrected chi connectivity index (χ1v) is 11.3. The van der Waals surface area contributed by atoms with Gasteiger partial charge in [-0.3, -0.25) is 0 Å². The van der Waals surface area contributed by atoms with Gasteiger partial charge in [0.15, 0.2) is 0 Å². The number of hydrogen-bond acceptors (Lipinski definition) is 6. The molecule has 8 heteroatoms. The van der Waals surface area contributed by atoms with E-state index in [0.29, 0.717) is 30.5 Å². The molecule has 1 unspecified atom stereocenters. The Bertz CT molecular complexity index is 618. The summed E-state index contributed by atoms with van der Waals surface area (Å²) >= 11 is 6.90. The highest BCUT2D eigenvalue weighted by Crippen LogP contribution is 2.61. The minimum Gasteiger partial charge on any atom is -0.322 e. The lowest BCUT2D eigenvalue weighted by molar-refractivity contribution is -0.680. The molecule has 0 aromatic heterocycles. The van der Waals surface area contributed by atoms with Crippen molar-refractivity contribution in [1.82, 2.24) is 0 Å². The zero-order valence-electron chi connectivity index (χ0n) is 12.9. The SMILES string of the molecule is CCOP(=S)(OCC)SCC1=CC(=O)[N+]2(C)C=CC=CC2=N1. The predicted molar refractivity (Wildman–Crippen MR) is 95.0 cm³/mol. The number of carbonyl (C=O) groups is 1. The van der Waals surface area contributed by atoms with Gasteiger partial charge in [0.05, 0.1) is 32.0 Å². The van der Waals surface area contributed by atoms with Crippen LogP contribution in [0.3, 0.4) is 0 Å². The number of allylic oxidation sites excluding steroid dienone is 2. The van der Waals surface area contributed by atoms with Crippen LogP contribution in [0, 0.1) is 0 Å². The lowest BCUT2D eigenvalue weighted by atomic mass is 10.2. The highest BCUT2D eigenvalue weighted by molar-refractivity contribution is 8.67. The topological polar surface area (TPSA) is 47.9 Å². The Hall–Kier alpha value is -0.560. The second-order valence-electron chi connectivity index (χ2n) is 4.78. The maximum absolute atomic E-state index is 12.4. The third-order valence-corrected chi connectivity index (χ3v) is 8.61. The second kappa shape index (κ2) is 7.34. The van der Waals surface area contributed by atoms with E-state index in [1.807, 2.05) is 45.3 Å². The molecule has 2 aliphatic heterocycles. The summed E-state index contributed by atoms with van der Waals surface area (Å²) in [6.45, 7) is 4.82. The number of rotatable bonds is 7. The van der Waals surface area contributed by atoms with Gasteiger partial charge in [-0.05, 0) is 37.8 Å². The molecule has 0 aromatic rings. The summed E-state index contributed by atoms with van der Waals surface area (Å²) in [4.78, 5) is 17.0. The fourth-order valence-electron chi connectivity index (χ4n) is 2.03. The van der Waals surface area contributed by atoms with Gasteiger partial charge in [0.25, 0.3) is 0 Å². The maximum atomic E-state index is 12.4. The Labute approximate surface area is 140 Å². The standard InChI is InChI=1S/C14H20N2O3PS2/c1-4-18-20(21,19-5-2)22-11-12-10-14(17)16(3)9-7-6-8-13(16)15-12/h6-10H,4-5,11H2,1-3H3/q+1. The molecular weight excluding hydrogens is 339 g/mol. The number of fused-ring (bicyclic) bond motifs is 1. The van der Waals surface area contributed by atoms with Crippen molar-refractivity contribution < 1.29 is 18.3 Å². The number of nitrogens with zero attached hydrogens (tertiary/aromatic N) is 2. The largest absolute Gasteiger partial charge is 0.351 e. The molecule has 120 valence electrons. The zero-order chi connectivity index (χ0) is 16.2. The van der Waals surface area contributed by atoms with Crippen molar-refractivity contribution in [2.45, 2.75) is 13.8 Å². The number of likely N-dealkylation sites (N-methyl/N-ethyl adjacent to an activating group) is 1. The second-order valence-corrected chi connectivity index (χ2v) is 11.1. The van der Waals surface area contributed by atoms with Crippen molar-refractivity contribution in [3.05, 3.63) is 36.2 Å². The fourth-order valence-corrected chi connectivity index (χ4v) is 6.38. The number of carbonyl (C=O) groups excluding carboxylic acids is 1. The Morgan fingerprint density at radius 1 is 1.32 bits per heavy atom. The summed E-state index contributed by atoms with van der Waals surface area (Å²) in [5.41, 5.74) is -1.66. The van der Waals surface area contributed by atoms with Gasteiger partial charge in [-0.2, -0.15) is 9.48 Å². The molecule has 0 aliphatic carbocycles. The van der Waals surface area contributed by atoms with E-state index in [0.717, 1.165) is 0 Å². The quantitative estimate of drug-likeness (QED) is 0.515. The van der Waals surface area contributed by atoms with Crippen molar-refractivity contribution in [3.63, 3.8) is 0 Å². The van der Waals surface area contributed by atoms with E-state index in [4.69, 9.17) is 20.9 Å². The number of hydrogen-bond donors (Lipinski definition) is 0. The normalized spacial score (nSPS) is 24.0. The highest BCUT2D eigenvalue weighted by Gasteiger charge is 2.38. The smallest absolute Gasteiger partial charge is 0.322 e. The molecule has 5 nitrogen and oxygen atoms in total. The van der Waals surface area contributed by atoms with Crippen molar-refractivity contribution >= 4 is 40.6 Å².